The summed E-state index contributed by atoms with van der Waals surface area (Å²) < 4.78 is 37.0. The maximum absolute atomic E-state index is 13.5. The molecule has 0 aliphatic heterocycles. The van der Waals surface area contributed by atoms with Gasteiger partial charge in [-0.1, -0.05) is 26.8 Å². The van der Waals surface area contributed by atoms with E-state index < -0.39 is 21.1 Å². The van der Waals surface area contributed by atoms with Gasteiger partial charge in [-0.15, -0.1) is 0 Å². The molecule has 0 fully saturated rings. The number of aryl methyl sites for hydroxylation is 1. The molecule has 0 amide bonds. The lowest BCUT2D eigenvalue weighted by Gasteiger charge is -2.38. The summed E-state index contributed by atoms with van der Waals surface area (Å²) in [5.41, 5.74) is 1.79. The summed E-state index contributed by atoms with van der Waals surface area (Å²) in [7, 11) is -3.77. The Morgan fingerprint density at radius 3 is 1.89 bits per heavy atom. The SMILES string of the molecule is CCOP(=O)(OCC)C(C)(C)c1cc(C)c(O[Si](C)(C)C(C)(C)C)c(OC)c1. The van der Waals surface area contributed by atoms with Crippen LogP contribution in [-0.4, -0.2) is 28.6 Å². The van der Waals surface area contributed by atoms with Gasteiger partial charge in [-0.25, -0.2) is 0 Å². The Morgan fingerprint density at radius 1 is 1.00 bits per heavy atom. The van der Waals surface area contributed by atoms with Crippen LogP contribution in [0.5, 0.6) is 11.5 Å². The molecular weight excluding hydrogens is 391 g/mol. The van der Waals surface area contributed by atoms with Gasteiger partial charge in [0.25, 0.3) is 8.32 Å². The third kappa shape index (κ3) is 5.02. The third-order valence-electron chi connectivity index (χ3n) is 5.61. The minimum atomic E-state index is -3.36. The highest BCUT2D eigenvalue weighted by atomic mass is 31.2. The lowest BCUT2D eigenvalue weighted by Crippen LogP contribution is -2.44. The minimum absolute atomic E-state index is 0.0715. The Bertz CT molecular complexity index is 712. The van der Waals surface area contributed by atoms with Crippen LogP contribution in [-0.2, 0) is 18.8 Å². The zero-order chi connectivity index (χ0) is 22.0. The molecule has 1 aromatic carbocycles. The summed E-state index contributed by atoms with van der Waals surface area (Å²) in [5, 5.41) is -0.755. The average Bonchev–Trinajstić information content (AvgIpc) is 2.55. The lowest BCUT2D eigenvalue weighted by molar-refractivity contribution is 0.200. The molecule has 0 saturated carbocycles. The first-order valence-corrected chi connectivity index (χ1v) is 14.4. The van der Waals surface area contributed by atoms with E-state index in [0.29, 0.717) is 19.0 Å². The second kappa shape index (κ2) is 8.91. The van der Waals surface area contributed by atoms with Gasteiger partial charge in [0, 0.05) is 0 Å². The van der Waals surface area contributed by atoms with E-state index in [9.17, 15) is 4.57 Å². The van der Waals surface area contributed by atoms with E-state index in [1.54, 1.807) is 7.11 Å². The quantitative estimate of drug-likeness (QED) is 0.315. The van der Waals surface area contributed by atoms with Crippen LogP contribution in [0.25, 0.3) is 0 Å². The second-order valence-corrected chi connectivity index (χ2v) is 16.4. The van der Waals surface area contributed by atoms with Crippen molar-refractivity contribution in [2.24, 2.45) is 0 Å². The number of methoxy groups -OCH3 is 1. The van der Waals surface area contributed by atoms with Crippen LogP contribution < -0.4 is 9.16 Å². The summed E-state index contributed by atoms with van der Waals surface area (Å²) in [5.74, 6) is 1.41. The van der Waals surface area contributed by atoms with Crippen LogP contribution in [0, 0.1) is 6.92 Å². The summed E-state index contributed by atoms with van der Waals surface area (Å²) in [6.07, 6.45) is 0. The molecule has 7 heteroatoms. The zero-order valence-electron chi connectivity index (χ0n) is 19.6. The molecule has 1 aromatic rings. The Morgan fingerprint density at radius 2 is 1.50 bits per heavy atom. The molecule has 1 rings (SSSR count). The van der Waals surface area contributed by atoms with E-state index in [0.717, 1.165) is 16.9 Å². The predicted molar refractivity (Wildman–Crippen MR) is 119 cm³/mol. The maximum atomic E-state index is 13.5. The van der Waals surface area contributed by atoms with Gasteiger partial charge in [0.2, 0.25) is 0 Å². The molecule has 0 unspecified atom stereocenters. The third-order valence-corrected chi connectivity index (χ3v) is 12.8. The van der Waals surface area contributed by atoms with Crippen LogP contribution in [0.2, 0.25) is 18.1 Å². The molecule has 28 heavy (non-hydrogen) atoms. The molecule has 0 aliphatic carbocycles. The number of hydrogen-bond acceptors (Lipinski definition) is 5. The lowest BCUT2D eigenvalue weighted by atomic mass is 9.99. The molecule has 162 valence electrons. The van der Waals surface area contributed by atoms with Crippen molar-refractivity contribution in [2.75, 3.05) is 20.3 Å². The highest BCUT2D eigenvalue weighted by molar-refractivity contribution is 7.55. The molecule has 0 aliphatic rings. The van der Waals surface area contributed by atoms with Crippen LogP contribution >= 0.6 is 7.60 Å². The van der Waals surface area contributed by atoms with Crippen molar-refractivity contribution < 1.29 is 22.8 Å². The molecule has 0 aromatic heterocycles. The molecule has 0 N–H and O–H groups in total. The van der Waals surface area contributed by atoms with Crippen molar-refractivity contribution in [3.8, 4) is 11.5 Å². The van der Waals surface area contributed by atoms with Gasteiger partial charge in [0.15, 0.2) is 5.75 Å². The van der Waals surface area contributed by atoms with Crippen LogP contribution in [0.1, 0.15) is 59.6 Å². The summed E-state index contributed by atoms with van der Waals surface area (Å²) >= 11 is 0. The van der Waals surface area contributed by atoms with Crippen molar-refractivity contribution in [1.29, 1.82) is 0 Å². The number of ether oxygens (including phenoxy) is 1. The van der Waals surface area contributed by atoms with E-state index >= 15 is 0 Å². The smallest absolute Gasteiger partial charge is 0.340 e. The highest BCUT2D eigenvalue weighted by Gasteiger charge is 2.46. The van der Waals surface area contributed by atoms with Gasteiger partial charge in [0.05, 0.1) is 25.5 Å². The topological polar surface area (TPSA) is 54.0 Å². The van der Waals surface area contributed by atoms with Crippen molar-refractivity contribution in [1.82, 2.24) is 0 Å². The fourth-order valence-electron chi connectivity index (χ4n) is 2.64. The monoisotopic (exact) mass is 430 g/mol. The molecular formula is C21H39O5PSi. The Hall–Kier alpha value is -0.813. The molecule has 0 radical (unpaired) electrons. The van der Waals surface area contributed by atoms with Gasteiger partial charge < -0.3 is 18.2 Å². The van der Waals surface area contributed by atoms with Crippen molar-refractivity contribution in [2.45, 2.75) is 78.7 Å². The van der Waals surface area contributed by atoms with E-state index in [1.165, 1.54) is 0 Å². The van der Waals surface area contributed by atoms with Crippen molar-refractivity contribution >= 4 is 15.9 Å². The Kier molecular flexibility index (Phi) is 8.02. The second-order valence-electron chi connectivity index (χ2n) is 9.08. The highest BCUT2D eigenvalue weighted by Crippen LogP contribution is 2.65. The van der Waals surface area contributed by atoms with Gasteiger partial charge >= 0.3 is 7.60 Å². The average molecular weight is 431 g/mol. The van der Waals surface area contributed by atoms with E-state index in [2.05, 4.69) is 33.9 Å². The fraction of sp³-hybridized carbons (Fsp3) is 0.714. The molecule has 0 bridgehead atoms. The Balaban J connectivity index is 3.50. The van der Waals surface area contributed by atoms with Gasteiger partial charge in [0.1, 0.15) is 5.75 Å². The molecule has 0 saturated heterocycles. The first-order chi connectivity index (χ1) is 12.7. The predicted octanol–water partition coefficient (Wildman–Crippen LogP) is 6.89. The van der Waals surface area contributed by atoms with Crippen molar-refractivity contribution in [3.05, 3.63) is 23.3 Å². The first-order valence-electron chi connectivity index (χ1n) is 9.94. The van der Waals surface area contributed by atoms with E-state index in [-0.39, 0.29) is 5.04 Å². The van der Waals surface area contributed by atoms with Crippen LogP contribution in [0.3, 0.4) is 0 Å². The summed E-state index contributed by atoms with van der Waals surface area (Å²) in [4.78, 5) is 0. The van der Waals surface area contributed by atoms with Crippen molar-refractivity contribution in [3.63, 3.8) is 0 Å². The first kappa shape index (κ1) is 25.2. The zero-order valence-corrected chi connectivity index (χ0v) is 21.5. The maximum Gasteiger partial charge on any atom is 0.340 e. The fourth-order valence-corrected chi connectivity index (χ4v) is 5.57. The summed E-state index contributed by atoms with van der Waals surface area (Å²) in [6.45, 7) is 21.1. The van der Waals surface area contributed by atoms with E-state index in [1.807, 2.05) is 46.8 Å². The number of rotatable bonds is 9. The number of benzene rings is 1. The van der Waals surface area contributed by atoms with E-state index in [4.69, 9.17) is 18.2 Å². The standard InChI is InChI=1S/C21H39O5PSi/c1-12-24-27(22,25-13-2)21(7,8)17-14-16(3)19(18(15-17)23-9)26-28(10,11)20(4,5)6/h14-15H,12-13H2,1-11H3. The van der Waals surface area contributed by atoms with Gasteiger partial charge in [-0.2, -0.15) is 0 Å². The molecule has 5 nitrogen and oxygen atoms in total. The van der Waals surface area contributed by atoms with Crippen LogP contribution in [0.15, 0.2) is 12.1 Å². The number of hydrogen-bond donors (Lipinski definition) is 0. The minimum Gasteiger partial charge on any atom is -0.541 e. The molecule has 0 heterocycles. The largest absolute Gasteiger partial charge is 0.541 e. The van der Waals surface area contributed by atoms with Crippen LogP contribution in [0.4, 0.5) is 0 Å². The summed E-state index contributed by atoms with van der Waals surface area (Å²) in [6, 6.07) is 3.91. The molecule has 0 atom stereocenters. The molecule has 0 spiro atoms. The Labute approximate surface area is 172 Å². The normalized spacial score (nSPS) is 13.5. The van der Waals surface area contributed by atoms with Gasteiger partial charge in [-0.05, 0) is 69.9 Å². The van der Waals surface area contributed by atoms with Gasteiger partial charge in [-0.3, -0.25) is 4.57 Å².